The third-order valence-corrected chi connectivity index (χ3v) is 7.64. The summed E-state index contributed by atoms with van der Waals surface area (Å²) in [5.41, 5.74) is 8.65. The zero-order chi connectivity index (χ0) is 27.3. The molecule has 2 nitrogen and oxygen atoms in total. The van der Waals surface area contributed by atoms with E-state index in [1.54, 1.807) is 0 Å². The Bertz CT molecular complexity index is 2080. The van der Waals surface area contributed by atoms with Crippen LogP contribution in [0.3, 0.4) is 0 Å². The Kier molecular flexibility index (Phi) is 3.73. The van der Waals surface area contributed by atoms with Gasteiger partial charge in [-0.15, -0.1) is 0 Å². The van der Waals surface area contributed by atoms with Gasteiger partial charge in [-0.2, -0.15) is 0 Å². The molecule has 0 N–H and O–H groups in total. The van der Waals surface area contributed by atoms with E-state index in [0.717, 1.165) is 16.7 Å². The maximum atomic E-state index is 8.00. The highest BCUT2D eigenvalue weighted by Crippen LogP contribution is 2.42. The van der Waals surface area contributed by atoms with Gasteiger partial charge in [0.2, 0.25) is 5.52 Å². The predicted molar refractivity (Wildman–Crippen MR) is 153 cm³/mol. The molecule has 0 atom stereocenters. The molecule has 0 aliphatic heterocycles. The highest BCUT2D eigenvalue weighted by Gasteiger charge is 2.24. The fraction of sp³-hybridized carbons (Fsp3) is 0.206. The van der Waals surface area contributed by atoms with Gasteiger partial charge in [-0.1, -0.05) is 75.3 Å². The Morgan fingerprint density at radius 3 is 2.56 bits per heavy atom. The Labute approximate surface area is 216 Å². The first-order chi connectivity index (χ1) is 18.5. The summed E-state index contributed by atoms with van der Waals surface area (Å²) in [4.78, 5) is 0. The molecule has 4 aromatic carbocycles. The molecule has 0 radical (unpaired) electrons. The van der Waals surface area contributed by atoms with Crippen LogP contribution in [0.1, 0.15) is 35.9 Å². The molecular formula is C34H31N2+. The van der Waals surface area contributed by atoms with Gasteiger partial charge in [-0.3, -0.25) is 0 Å². The molecule has 176 valence electrons. The van der Waals surface area contributed by atoms with Crippen LogP contribution in [0, 0.1) is 12.3 Å². The minimum absolute atomic E-state index is 0.493. The van der Waals surface area contributed by atoms with Crippen molar-refractivity contribution >= 4 is 49.0 Å². The molecule has 3 heterocycles. The van der Waals surface area contributed by atoms with Gasteiger partial charge in [0.05, 0.1) is 27.3 Å². The van der Waals surface area contributed by atoms with Crippen LogP contribution in [0.2, 0.25) is 0 Å². The number of aromatic nitrogens is 2. The molecule has 0 fully saturated rings. The van der Waals surface area contributed by atoms with Crippen LogP contribution in [-0.2, 0) is 13.5 Å². The molecule has 0 unspecified atom stereocenters. The van der Waals surface area contributed by atoms with Gasteiger partial charge in [0, 0.05) is 21.0 Å². The molecular weight excluding hydrogens is 436 g/mol. The average molecular weight is 471 g/mol. The summed E-state index contributed by atoms with van der Waals surface area (Å²) in [6, 6.07) is 28.4. The first-order valence-electron chi connectivity index (χ1n) is 14.1. The second kappa shape index (κ2) is 7.30. The first-order valence-corrected chi connectivity index (χ1v) is 12.6. The number of benzene rings is 4. The summed E-state index contributed by atoms with van der Waals surface area (Å²) in [5.74, 6) is 0. The number of rotatable bonds is 2. The molecule has 36 heavy (non-hydrogen) atoms. The lowest BCUT2D eigenvalue weighted by atomic mass is 9.87. The number of para-hydroxylation sites is 1. The van der Waals surface area contributed by atoms with Crippen LogP contribution >= 0.6 is 0 Å². The van der Waals surface area contributed by atoms with Crippen molar-refractivity contribution < 1.29 is 8.68 Å². The fourth-order valence-electron chi connectivity index (χ4n) is 6.20. The van der Waals surface area contributed by atoms with E-state index < -0.39 is 12.3 Å². The average Bonchev–Trinajstić information content (AvgIpc) is 3.23. The predicted octanol–water partition coefficient (Wildman–Crippen LogP) is 8.38. The van der Waals surface area contributed by atoms with Crippen molar-refractivity contribution in [2.45, 2.75) is 34.0 Å². The molecule has 7 rings (SSSR count). The molecule has 0 aliphatic rings. The van der Waals surface area contributed by atoms with Crippen LogP contribution in [0.4, 0.5) is 0 Å². The normalized spacial score (nSPS) is 14.3. The maximum Gasteiger partial charge on any atom is 0.224 e. The number of aryl methyl sites for hydroxylation is 2. The van der Waals surface area contributed by atoms with Gasteiger partial charge in [0.1, 0.15) is 7.05 Å². The molecule has 0 bridgehead atoms. The highest BCUT2D eigenvalue weighted by molar-refractivity contribution is 6.26. The largest absolute Gasteiger partial charge is 0.307 e. The topological polar surface area (TPSA) is 8.29 Å². The zero-order valence-electron chi connectivity index (χ0n) is 24.2. The lowest BCUT2D eigenvalue weighted by Crippen LogP contribution is -2.28. The quantitative estimate of drug-likeness (QED) is 0.136. The minimum Gasteiger partial charge on any atom is -0.307 e. The SMILES string of the molecule is [2H]C([2H])([2H])C(C)(C)Cc1cccc(-c2cc3cc[n+](C)c4c5c(C)ccc6c7ccccc7n(c(c2)c34)c65)c1. The van der Waals surface area contributed by atoms with Crippen LogP contribution in [-0.4, -0.2) is 4.40 Å². The molecule has 0 aliphatic carbocycles. The van der Waals surface area contributed by atoms with E-state index >= 15 is 0 Å². The van der Waals surface area contributed by atoms with Gasteiger partial charge >= 0.3 is 0 Å². The lowest BCUT2D eigenvalue weighted by Gasteiger charge is -2.19. The van der Waals surface area contributed by atoms with Crippen molar-refractivity contribution in [1.82, 2.24) is 4.40 Å². The Morgan fingerprint density at radius 2 is 1.69 bits per heavy atom. The van der Waals surface area contributed by atoms with E-state index in [1.165, 1.54) is 54.6 Å². The van der Waals surface area contributed by atoms with Crippen molar-refractivity contribution in [3.8, 4) is 11.1 Å². The second-order valence-electron chi connectivity index (χ2n) is 11.0. The second-order valence-corrected chi connectivity index (χ2v) is 11.0. The summed E-state index contributed by atoms with van der Waals surface area (Å²) in [7, 11) is 2.14. The molecule has 0 spiro atoms. The molecule has 0 saturated heterocycles. The number of fused-ring (bicyclic) bond motifs is 5. The molecule has 7 aromatic rings. The number of pyridine rings is 2. The van der Waals surface area contributed by atoms with Crippen LogP contribution < -0.4 is 4.57 Å². The monoisotopic (exact) mass is 470 g/mol. The van der Waals surface area contributed by atoms with Gasteiger partial charge < -0.3 is 4.40 Å². The van der Waals surface area contributed by atoms with E-state index in [4.69, 9.17) is 4.11 Å². The first kappa shape index (κ1) is 18.4. The van der Waals surface area contributed by atoms with Crippen molar-refractivity contribution in [3.63, 3.8) is 0 Å². The Hall–Kier alpha value is -3.91. The Morgan fingerprint density at radius 1 is 0.833 bits per heavy atom. The van der Waals surface area contributed by atoms with Gasteiger partial charge in [-0.05, 0) is 64.6 Å². The standard InChI is InChI=1S/C34H31N2/c1-21-13-14-27-26-11-6-7-12-28(26)36-29-19-25(23-10-8-9-22(17-23)20-34(2,3)4)18-24-15-16-35(5)33(31(24)29)30(21)32(27)36/h6-19H,20H2,1-5H3/q+1/i2D3. The third-order valence-electron chi connectivity index (χ3n) is 7.64. The Balaban J connectivity index is 1.57. The smallest absolute Gasteiger partial charge is 0.224 e. The summed E-state index contributed by atoms with van der Waals surface area (Å²) in [5, 5.41) is 6.28. The highest BCUT2D eigenvalue weighted by atomic mass is 15.0. The van der Waals surface area contributed by atoms with Gasteiger partial charge in [-0.25, -0.2) is 4.57 Å². The zero-order valence-corrected chi connectivity index (χ0v) is 21.2. The molecule has 3 aromatic heterocycles. The lowest BCUT2D eigenvalue weighted by molar-refractivity contribution is -0.643. The van der Waals surface area contributed by atoms with E-state index in [2.05, 4.69) is 95.9 Å². The van der Waals surface area contributed by atoms with Crippen molar-refractivity contribution in [1.29, 1.82) is 0 Å². The molecule has 0 amide bonds. The minimum atomic E-state index is -2.02. The fourth-order valence-corrected chi connectivity index (χ4v) is 6.20. The molecule has 0 saturated carbocycles. The summed E-state index contributed by atoms with van der Waals surface area (Å²) in [6.07, 6.45) is 2.66. The van der Waals surface area contributed by atoms with E-state index in [-0.39, 0.29) is 0 Å². The third kappa shape index (κ3) is 3.00. The summed E-state index contributed by atoms with van der Waals surface area (Å²) in [6.45, 7) is 3.85. The van der Waals surface area contributed by atoms with Crippen LogP contribution in [0.5, 0.6) is 0 Å². The number of nitrogens with zero attached hydrogens (tertiary/aromatic N) is 2. The van der Waals surface area contributed by atoms with Crippen molar-refractivity contribution in [2.75, 3.05) is 0 Å². The van der Waals surface area contributed by atoms with Gasteiger partial charge in [0.25, 0.3) is 0 Å². The van der Waals surface area contributed by atoms with Crippen LogP contribution in [0.25, 0.3) is 60.1 Å². The van der Waals surface area contributed by atoms with Crippen molar-refractivity contribution in [3.05, 3.63) is 96.2 Å². The summed E-state index contributed by atoms with van der Waals surface area (Å²) < 4.78 is 28.7. The van der Waals surface area contributed by atoms with E-state index in [1.807, 2.05) is 26.0 Å². The number of hydrogen-bond acceptors (Lipinski definition) is 0. The van der Waals surface area contributed by atoms with E-state index in [9.17, 15) is 0 Å². The molecule has 2 heteroatoms. The summed E-state index contributed by atoms with van der Waals surface area (Å²) >= 11 is 0. The number of hydrogen-bond donors (Lipinski definition) is 0. The van der Waals surface area contributed by atoms with Crippen molar-refractivity contribution in [2.24, 2.45) is 12.5 Å². The van der Waals surface area contributed by atoms with Gasteiger partial charge in [0.15, 0.2) is 6.20 Å². The maximum absolute atomic E-state index is 8.00. The van der Waals surface area contributed by atoms with E-state index in [0.29, 0.717) is 6.42 Å². The van der Waals surface area contributed by atoms with Crippen LogP contribution in [0.15, 0.2) is 85.1 Å².